The van der Waals surface area contributed by atoms with Gasteiger partial charge in [0.05, 0.1) is 0 Å². The van der Waals surface area contributed by atoms with E-state index in [0.29, 0.717) is 12.1 Å². The molecule has 1 fully saturated rings. The van der Waals surface area contributed by atoms with E-state index in [0.717, 1.165) is 5.92 Å². The lowest BCUT2D eigenvalue weighted by Gasteiger charge is -2.33. The maximum atomic E-state index is 3.92. The average Bonchev–Trinajstić information content (AvgIpc) is 2.52. The summed E-state index contributed by atoms with van der Waals surface area (Å²) in [4.78, 5) is 0. The van der Waals surface area contributed by atoms with E-state index >= 15 is 0 Å². The molecule has 0 amide bonds. The SMILES string of the molecule is CCSCC(C)NC(c1ccccc1)C1CCCCC1. The predicted octanol–water partition coefficient (Wildman–Crippen LogP) is 5.04. The van der Waals surface area contributed by atoms with Gasteiger partial charge in [0.2, 0.25) is 0 Å². The zero-order chi connectivity index (χ0) is 14.2. The molecule has 0 saturated heterocycles. The van der Waals surface area contributed by atoms with Crippen LogP contribution in [0.25, 0.3) is 0 Å². The molecule has 0 bridgehead atoms. The number of hydrogen-bond donors (Lipinski definition) is 1. The molecule has 112 valence electrons. The fraction of sp³-hybridized carbons (Fsp3) is 0.667. The Kier molecular flexibility index (Phi) is 6.95. The molecule has 0 spiro atoms. The van der Waals surface area contributed by atoms with Gasteiger partial charge in [0, 0.05) is 17.8 Å². The van der Waals surface area contributed by atoms with E-state index in [1.807, 2.05) is 11.8 Å². The molecule has 1 aliphatic rings. The average molecular weight is 292 g/mol. The Morgan fingerprint density at radius 3 is 2.50 bits per heavy atom. The Bertz CT molecular complexity index is 359. The Hall–Kier alpha value is -0.470. The van der Waals surface area contributed by atoms with Gasteiger partial charge in [-0.3, -0.25) is 0 Å². The first-order valence-electron chi connectivity index (χ1n) is 8.20. The van der Waals surface area contributed by atoms with E-state index in [2.05, 4.69) is 49.5 Å². The number of rotatable bonds is 7. The van der Waals surface area contributed by atoms with Crippen molar-refractivity contribution in [2.24, 2.45) is 5.92 Å². The van der Waals surface area contributed by atoms with Gasteiger partial charge < -0.3 is 5.32 Å². The molecule has 1 aromatic carbocycles. The normalized spacial score (nSPS) is 19.7. The van der Waals surface area contributed by atoms with Crippen molar-refractivity contribution in [2.45, 2.75) is 58.0 Å². The van der Waals surface area contributed by atoms with Crippen molar-refractivity contribution in [3.8, 4) is 0 Å². The number of hydrogen-bond acceptors (Lipinski definition) is 2. The topological polar surface area (TPSA) is 12.0 Å². The van der Waals surface area contributed by atoms with E-state index in [1.165, 1.54) is 49.2 Å². The molecule has 0 aliphatic heterocycles. The van der Waals surface area contributed by atoms with Crippen LogP contribution in [0.4, 0.5) is 0 Å². The lowest BCUT2D eigenvalue weighted by molar-refractivity contribution is 0.261. The van der Waals surface area contributed by atoms with Crippen molar-refractivity contribution in [1.82, 2.24) is 5.32 Å². The van der Waals surface area contributed by atoms with Gasteiger partial charge in [-0.25, -0.2) is 0 Å². The summed E-state index contributed by atoms with van der Waals surface area (Å²) < 4.78 is 0. The molecule has 0 radical (unpaired) electrons. The summed E-state index contributed by atoms with van der Waals surface area (Å²) in [5, 5.41) is 3.92. The molecule has 0 aromatic heterocycles. The van der Waals surface area contributed by atoms with Crippen LogP contribution in [0.3, 0.4) is 0 Å². The Balaban J connectivity index is 2.03. The minimum atomic E-state index is 0.545. The highest BCUT2D eigenvalue weighted by Gasteiger charge is 2.25. The van der Waals surface area contributed by atoms with Gasteiger partial charge in [-0.05, 0) is 37.0 Å². The minimum absolute atomic E-state index is 0.545. The first kappa shape index (κ1) is 15.9. The lowest BCUT2D eigenvalue weighted by atomic mass is 9.81. The van der Waals surface area contributed by atoms with Crippen LogP contribution < -0.4 is 5.32 Å². The summed E-state index contributed by atoms with van der Waals surface area (Å²) in [5.74, 6) is 3.25. The molecule has 2 atom stereocenters. The van der Waals surface area contributed by atoms with Crippen LogP contribution in [0, 0.1) is 5.92 Å². The van der Waals surface area contributed by atoms with Crippen LogP contribution in [0.2, 0.25) is 0 Å². The van der Waals surface area contributed by atoms with Gasteiger partial charge in [-0.15, -0.1) is 0 Å². The van der Waals surface area contributed by atoms with Crippen molar-refractivity contribution in [2.75, 3.05) is 11.5 Å². The van der Waals surface area contributed by atoms with Crippen LogP contribution in [0.15, 0.2) is 30.3 Å². The predicted molar refractivity (Wildman–Crippen MR) is 91.4 cm³/mol. The summed E-state index contributed by atoms with van der Waals surface area (Å²) in [5.41, 5.74) is 1.48. The number of thioether (sulfide) groups is 1. The summed E-state index contributed by atoms with van der Waals surface area (Å²) in [7, 11) is 0. The van der Waals surface area contributed by atoms with Gasteiger partial charge >= 0.3 is 0 Å². The minimum Gasteiger partial charge on any atom is -0.306 e. The molecule has 1 N–H and O–H groups in total. The van der Waals surface area contributed by atoms with Gasteiger partial charge in [0.1, 0.15) is 0 Å². The van der Waals surface area contributed by atoms with Gasteiger partial charge in [0.15, 0.2) is 0 Å². The summed E-state index contributed by atoms with van der Waals surface area (Å²) in [6, 6.07) is 12.2. The third-order valence-corrected chi connectivity index (χ3v) is 5.46. The highest BCUT2D eigenvalue weighted by atomic mass is 32.2. The summed E-state index contributed by atoms with van der Waals surface area (Å²) >= 11 is 2.04. The van der Waals surface area contributed by atoms with Crippen LogP contribution in [-0.2, 0) is 0 Å². The van der Waals surface area contributed by atoms with E-state index in [4.69, 9.17) is 0 Å². The van der Waals surface area contributed by atoms with Crippen molar-refractivity contribution in [3.63, 3.8) is 0 Å². The molecular weight excluding hydrogens is 262 g/mol. The maximum Gasteiger partial charge on any atom is 0.0351 e. The van der Waals surface area contributed by atoms with E-state index in [9.17, 15) is 0 Å². The fourth-order valence-corrected chi connectivity index (χ4v) is 3.97. The highest BCUT2D eigenvalue weighted by molar-refractivity contribution is 7.99. The first-order chi connectivity index (χ1) is 9.81. The van der Waals surface area contributed by atoms with E-state index in [-0.39, 0.29) is 0 Å². The zero-order valence-electron chi connectivity index (χ0n) is 13.0. The second-order valence-electron chi connectivity index (χ2n) is 6.01. The molecule has 20 heavy (non-hydrogen) atoms. The third-order valence-electron chi connectivity index (χ3n) is 4.32. The highest BCUT2D eigenvalue weighted by Crippen LogP contribution is 2.34. The zero-order valence-corrected chi connectivity index (χ0v) is 13.8. The van der Waals surface area contributed by atoms with Crippen molar-refractivity contribution < 1.29 is 0 Å². The van der Waals surface area contributed by atoms with Crippen LogP contribution >= 0.6 is 11.8 Å². The maximum absolute atomic E-state index is 3.92. The Morgan fingerprint density at radius 2 is 1.85 bits per heavy atom. The fourth-order valence-electron chi connectivity index (χ4n) is 3.28. The molecular formula is C18H29NS. The molecule has 1 saturated carbocycles. The van der Waals surface area contributed by atoms with Gasteiger partial charge in [0.25, 0.3) is 0 Å². The van der Waals surface area contributed by atoms with Crippen molar-refractivity contribution in [3.05, 3.63) is 35.9 Å². The van der Waals surface area contributed by atoms with Gasteiger partial charge in [-0.1, -0.05) is 56.5 Å². The molecule has 1 aromatic rings. The van der Waals surface area contributed by atoms with Crippen molar-refractivity contribution >= 4 is 11.8 Å². The molecule has 1 nitrogen and oxygen atoms in total. The molecule has 0 heterocycles. The number of benzene rings is 1. The monoisotopic (exact) mass is 291 g/mol. The number of nitrogens with one attached hydrogen (secondary N) is 1. The largest absolute Gasteiger partial charge is 0.306 e. The third kappa shape index (κ3) is 4.82. The Labute approximate surface area is 128 Å². The molecule has 2 unspecified atom stereocenters. The van der Waals surface area contributed by atoms with Crippen LogP contribution in [0.5, 0.6) is 0 Å². The lowest BCUT2D eigenvalue weighted by Crippen LogP contribution is -2.37. The van der Waals surface area contributed by atoms with E-state index in [1.54, 1.807) is 0 Å². The quantitative estimate of drug-likeness (QED) is 0.755. The second-order valence-corrected chi connectivity index (χ2v) is 7.33. The van der Waals surface area contributed by atoms with Crippen LogP contribution in [-0.4, -0.2) is 17.5 Å². The van der Waals surface area contributed by atoms with E-state index < -0.39 is 0 Å². The summed E-state index contributed by atoms with van der Waals surface area (Å²) in [6.07, 6.45) is 7.03. The molecule has 2 rings (SSSR count). The smallest absolute Gasteiger partial charge is 0.0351 e. The Morgan fingerprint density at radius 1 is 1.15 bits per heavy atom. The molecule has 2 heteroatoms. The van der Waals surface area contributed by atoms with Crippen molar-refractivity contribution in [1.29, 1.82) is 0 Å². The second kappa shape index (κ2) is 8.74. The standard InChI is InChI=1S/C18H29NS/c1-3-20-14-15(2)19-18(16-10-6-4-7-11-16)17-12-8-5-9-13-17/h4,6-7,10-11,15,17-19H,3,5,8-9,12-14H2,1-2H3. The van der Waals surface area contributed by atoms with Gasteiger partial charge in [-0.2, -0.15) is 11.8 Å². The molecule has 1 aliphatic carbocycles. The van der Waals surface area contributed by atoms with Crippen LogP contribution in [0.1, 0.15) is 57.6 Å². The summed E-state index contributed by atoms with van der Waals surface area (Å²) in [6.45, 7) is 4.58. The first-order valence-corrected chi connectivity index (χ1v) is 9.35.